The van der Waals surface area contributed by atoms with E-state index in [0.29, 0.717) is 18.2 Å². The summed E-state index contributed by atoms with van der Waals surface area (Å²) in [6.07, 6.45) is 3.85. The first kappa shape index (κ1) is 22.6. The molecule has 1 fully saturated rings. The molecular weight excluding hydrogens is 424 g/mol. The average Bonchev–Trinajstić information content (AvgIpc) is 3.53. The smallest absolute Gasteiger partial charge is 0.230 e. The van der Waals surface area contributed by atoms with Gasteiger partial charge in [0.25, 0.3) is 0 Å². The van der Waals surface area contributed by atoms with Gasteiger partial charge >= 0.3 is 0 Å². The number of nitrogens with one attached hydrogen (secondary N) is 1. The number of benzene rings is 1. The molecule has 4 rings (SSSR count). The van der Waals surface area contributed by atoms with Crippen molar-refractivity contribution in [2.45, 2.75) is 56.8 Å². The fourth-order valence-corrected chi connectivity index (χ4v) is 4.41. The predicted molar refractivity (Wildman–Crippen MR) is 125 cm³/mol. The van der Waals surface area contributed by atoms with Gasteiger partial charge in [-0.25, -0.2) is 0 Å². The van der Waals surface area contributed by atoms with Crippen molar-refractivity contribution >= 4 is 17.7 Å². The lowest BCUT2D eigenvalue weighted by atomic mass is 9.87. The maximum atomic E-state index is 12.3. The van der Waals surface area contributed by atoms with Crippen LogP contribution < -0.4 is 5.32 Å². The highest BCUT2D eigenvalue weighted by atomic mass is 32.2. The Morgan fingerprint density at radius 3 is 2.69 bits per heavy atom. The summed E-state index contributed by atoms with van der Waals surface area (Å²) in [5.74, 6) is 1.80. The van der Waals surface area contributed by atoms with E-state index in [9.17, 15) is 4.79 Å². The van der Waals surface area contributed by atoms with Crippen molar-refractivity contribution in [3.63, 3.8) is 0 Å². The minimum Gasteiger partial charge on any atom is -0.467 e. The predicted octanol–water partition coefficient (Wildman–Crippen LogP) is 4.27. The van der Waals surface area contributed by atoms with Crippen molar-refractivity contribution in [1.82, 2.24) is 20.1 Å². The number of hydrogen-bond donors (Lipinski definition) is 1. The van der Waals surface area contributed by atoms with Crippen LogP contribution in [-0.2, 0) is 21.5 Å². The number of carbonyl (C=O) groups is 1. The van der Waals surface area contributed by atoms with Crippen LogP contribution in [0.4, 0.5) is 0 Å². The van der Waals surface area contributed by atoms with Gasteiger partial charge < -0.3 is 14.5 Å². The molecule has 0 aliphatic carbocycles. The summed E-state index contributed by atoms with van der Waals surface area (Å²) in [5.41, 5.74) is 2.32. The number of furan rings is 1. The van der Waals surface area contributed by atoms with Crippen LogP contribution in [0.3, 0.4) is 0 Å². The van der Waals surface area contributed by atoms with E-state index in [1.807, 2.05) is 16.7 Å². The third kappa shape index (κ3) is 5.61. The Balaban J connectivity index is 1.49. The van der Waals surface area contributed by atoms with Gasteiger partial charge in [-0.1, -0.05) is 56.8 Å². The van der Waals surface area contributed by atoms with Crippen molar-refractivity contribution in [2.75, 3.05) is 18.9 Å². The van der Waals surface area contributed by atoms with E-state index in [1.165, 1.54) is 17.3 Å². The molecule has 7 nitrogen and oxygen atoms in total. The molecule has 32 heavy (non-hydrogen) atoms. The van der Waals surface area contributed by atoms with E-state index >= 15 is 0 Å². The van der Waals surface area contributed by atoms with Gasteiger partial charge in [-0.05, 0) is 36.0 Å². The molecule has 1 aliphatic heterocycles. The average molecular weight is 455 g/mol. The normalized spacial score (nSPS) is 16.4. The Morgan fingerprint density at radius 1 is 1.22 bits per heavy atom. The highest BCUT2D eigenvalue weighted by molar-refractivity contribution is 7.99. The molecule has 3 heterocycles. The summed E-state index contributed by atoms with van der Waals surface area (Å²) in [5, 5.41) is 12.5. The van der Waals surface area contributed by atoms with Gasteiger partial charge in [0, 0.05) is 18.7 Å². The molecule has 3 aromatic rings. The molecule has 1 aliphatic rings. The van der Waals surface area contributed by atoms with Gasteiger partial charge in [-0.2, -0.15) is 0 Å². The fraction of sp³-hybridized carbons (Fsp3) is 0.458. The lowest BCUT2D eigenvalue weighted by molar-refractivity contribution is -0.119. The van der Waals surface area contributed by atoms with Crippen LogP contribution in [0.25, 0.3) is 11.4 Å². The molecular formula is C24H30N4O3S. The van der Waals surface area contributed by atoms with E-state index in [4.69, 9.17) is 9.15 Å². The third-order valence-electron chi connectivity index (χ3n) is 5.50. The van der Waals surface area contributed by atoms with E-state index in [-0.39, 0.29) is 23.2 Å². The fourth-order valence-electron chi connectivity index (χ4n) is 3.64. The Kier molecular flexibility index (Phi) is 7.01. The second kappa shape index (κ2) is 9.92. The van der Waals surface area contributed by atoms with Crippen LogP contribution in [0, 0.1) is 0 Å². The van der Waals surface area contributed by atoms with Gasteiger partial charge in [-0.15, -0.1) is 10.2 Å². The molecule has 1 saturated heterocycles. The first-order valence-corrected chi connectivity index (χ1v) is 12.0. The van der Waals surface area contributed by atoms with Crippen LogP contribution in [0.2, 0.25) is 0 Å². The highest BCUT2D eigenvalue weighted by Gasteiger charge is 2.20. The number of aromatic nitrogens is 3. The SMILES string of the molecule is CC(C)(C)c1ccc(-c2nnc(SCC(=O)NCC3CCCO3)n2Cc2ccco2)cc1. The molecule has 0 bridgehead atoms. The van der Waals surface area contributed by atoms with Gasteiger partial charge in [0.15, 0.2) is 11.0 Å². The van der Waals surface area contributed by atoms with Crippen LogP contribution in [-0.4, -0.2) is 45.7 Å². The molecule has 8 heteroatoms. The zero-order valence-electron chi connectivity index (χ0n) is 18.8. The summed E-state index contributed by atoms with van der Waals surface area (Å²) < 4.78 is 13.1. The molecule has 2 aromatic heterocycles. The minimum absolute atomic E-state index is 0.0332. The summed E-state index contributed by atoms with van der Waals surface area (Å²) in [7, 11) is 0. The van der Waals surface area contributed by atoms with Crippen molar-refractivity contribution in [3.05, 3.63) is 54.0 Å². The first-order chi connectivity index (χ1) is 15.4. The number of carbonyl (C=O) groups excluding carboxylic acids is 1. The van der Waals surface area contributed by atoms with Gasteiger partial charge in [0.1, 0.15) is 5.76 Å². The molecule has 0 saturated carbocycles. The summed E-state index contributed by atoms with van der Waals surface area (Å²) in [6, 6.07) is 12.2. The maximum Gasteiger partial charge on any atom is 0.230 e. The first-order valence-electron chi connectivity index (χ1n) is 11.0. The van der Waals surface area contributed by atoms with E-state index in [2.05, 4.69) is 60.6 Å². The number of nitrogens with zero attached hydrogens (tertiary/aromatic N) is 3. The van der Waals surface area contributed by atoms with E-state index in [0.717, 1.165) is 36.6 Å². The Bertz CT molecular complexity index is 1020. The van der Waals surface area contributed by atoms with Gasteiger partial charge in [-0.3, -0.25) is 9.36 Å². The Labute approximate surface area is 192 Å². The quantitative estimate of drug-likeness (QED) is 0.512. The molecule has 0 spiro atoms. The van der Waals surface area contributed by atoms with E-state index in [1.54, 1.807) is 6.26 Å². The highest BCUT2D eigenvalue weighted by Crippen LogP contribution is 2.28. The molecule has 170 valence electrons. The van der Waals surface area contributed by atoms with Crippen LogP contribution in [0.15, 0.2) is 52.2 Å². The molecule has 0 radical (unpaired) electrons. The largest absolute Gasteiger partial charge is 0.467 e. The van der Waals surface area contributed by atoms with Crippen molar-refractivity contribution in [2.24, 2.45) is 0 Å². The molecule has 1 unspecified atom stereocenters. The monoisotopic (exact) mass is 454 g/mol. The summed E-state index contributed by atoms with van der Waals surface area (Å²) >= 11 is 1.38. The summed E-state index contributed by atoms with van der Waals surface area (Å²) in [6.45, 7) is 8.42. The van der Waals surface area contributed by atoms with Crippen molar-refractivity contribution in [1.29, 1.82) is 0 Å². The number of amides is 1. The second-order valence-electron chi connectivity index (χ2n) is 9.03. The third-order valence-corrected chi connectivity index (χ3v) is 6.47. The van der Waals surface area contributed by atoms with Gasteiger partial charge in [0.2, 0.25) is 5.91 Å². The molecule has 1 amide bonds. The van der Waals surface area contributed by atoms with Crippen molar-refractivity contribution in [3.8, 4) is 11.4 Å². The standard InChI is InChI=1S/C24H30N4O3S/c1-24(2,3)18-10-8-17(9-11-18)22-26-27-23(28(22)15-20-7-5-13-31-20)32-16-21(29)25-14-19-6-4-12-30-19/h5,7-11,13,19H,4,6,12,14-16H2,1-3H3,(H,25,29). The molecule has 1 aromatic carbocycles. The van der Waals surface area contributed by atoms with Gasteiger partial charge in [0.05, 0.1) is 24.7 Å². The zero-order chi connectivity index (χ0) is 22.6. The topological polar surface area (TPSA) is 82.2 Å². The number of ether oxygens (including phenoxy) is 1. The number of thioether (sulfide) groups is 1. The lowest BCUT2D eigenvalue weighted by Gasteiger charge is -2.19. The summed E-state index contributed by atoms with van der Waals surface area (Å²) in [4.78, 5) is 12.3. The number of hydrogen-bond acceptors (Lipinski definition) is 6. The second-order valence-corrected chi connectivity index (χ2v) is 9.97. The maximum absolute atomic E-state index is 12.3. The van der Waals surface area contributed by atoms with Crippen LogP contribution in [0.1, 0.15) is 44.9 Å². The molecule has 1 N–H and O–H groups in total. The zero-order valence-corrected chi connectivity index (χ0v) is 19.7. The van der Waals surface area contributed by atoms with Crippen LogP contribution >= 0.6 is 11.8 Å². The van der Waals surface area contributed by atoms with E-state index < -0.39 is 0 Å². The van der Waals surface area contributed by atoms with Crippen LogP contribution in [0.5, 0.6) is 0 Å². The Morgan fingerprint density at radius 2 is 2.03 bits per heavy atom. The number of rotatable bonds is 8. The van der Waals surface area contributed by atoms with Crippen molar-refractivity contribution < 1.29 is 13.9 Å². The Hall–Kier alpha value is -2.58. The lowest BCUT2D eigenvalue weighted by Crippen LogP contribution is -2.32. The molecule has 1 atom stereocenters. The minimum atomic E-state index is -0.0332.